The van der Waals surface area contributed by atoms with Gasteiger partial charge in [-0.3, -0.25) is 0 Å². The van der Waals surface area contributed by atoms with Gasteiger partial charge in [0.25, 0.3) is 0 Å². The minimum atomic E-state index is 0.387. The Balaban J connectivity index is 2.36. The normalized spacial score (nSPS) is 13.5. The van der Waals surface area contributed by atoms with Crippen molar-refractivity contribution in [3.63, 3.8) is 0 Å². The third kappa shape index (κ3) is 7.03. The molecule has 1 aromatic carbocycles. The Morgan fingerprint density at radius 1 is 1.16 bits per heavy atom. The van der Waals surface area contributed by atoms with Crippen LogP contribution >= 0.6 is 11.8 Å². The van der Waals surface area contributed by atoms with Crippen molar-refractivity contribution in [1.82, 2.24) is 5.32 Å². The van der Waals surface area contributed by atoms with Crippen molar-refractivity contribution in [2.24, 2.45) is 11.3 Å². The molecule has 0 spiro atoms. The number of hydrogen-bond acceptors (Lipinski definition) is 2. The van der Waals surface area contributed by atoms with E-state index in [-0.39, 0.29) is 0 Å². The molecule has 1 unspecified atom stereocenters. The Kier molecular flexibility index (Phi) is 7.55. The predicted molar refractivity (Wildman–Crippen MR) is 87.9 cm³/mol. The first-order chi connectivity index (χ1) is 9.04. The van der Waals surface area contributed by atoms with Gasteiger partial charge >= 0.3 is 0 Å². The van der Waals surface area contributed by atoms with E-state index in [2.05, 4.69) is 63.3 Å². The number of benzene rings is 1. The second kappa shape index (κ2) is 8.65. The minimum Gasteiger partial charge on any atom is -0.316 e. The Morgan fingerprint density at radius 2 is 1.84 bits per heavy atom. The maximum Gasteiger partial charge on any atom is 0.00719 e. The van der Waals surface area contributed by atoms with Gasteiger partial charge in [-0.1, -0.05) is 45.9 Å². The lowest BCUT2D eigenvalue weighted by molar-refractivity contribution is 0.227. The lowest BCUT2D eigenvalue weighted by atomic mass is 9.79. The molecule has 0 heterocycles. The van der Waals surface area contributed by atoms with Crippen LogP contribution in [-0.4, -0.2) is 18.8 Å². The van der Waals surface area contributed by atoms with Crippen LogP contribution in [0.3, 0.4) is 0 Å². The molecule has 1 N–H and O–H groups in total. The molecular weight excluding hydrogens is 250 g/mol. The van der Waals surface area contributed by atoms with Gasteiger partial charge in [0.1, 0.15) is 0 Å². The summed E-state index contributed by atoms with van der Waals surface area (Å²) < 4.78 is 0. The van der Waals surface area contributed by atoms with Crippen molar-refractivity contribution in [2.75, 3.05) is 18.8 Å². The number of nitrogens with one attached hydrogen (secondary N) is 1. The number of thioether (sulfide) groups is 1. The quantitative estimate of drug-likeness (QED) is 0.540. The third-order valence-electron chi connectivity index (χ3n) is 3.52. The van der Waals surface area contributed by atoms with Gasteiger partial charge in [0, 0.05) is 4.90 Å². The zero-order chi connectivity index (χ0) is 14.1. The zero-order valence-corrected chi connectivity index (χ0v) is 13.7. The molecular formula is C17H29NS. The van der Waals surface area contributed by atoms with E-state index in [1.807, 2.05) is 11.8 Å². The van der Waals surface area contributed by atoms with Crippen LogP contribution in [0.5, 0.6) is 0 Å². The molecule has 0 saturated carbocycles. The first kappa shape index (κ1) is 16.6. The largest absolute Gasteiger partial charge is 0.316 e. The van der Waals surface area contributed by atoms with E-state index in [4.69, 9.17) is 0 Å². The topological polar surface area (TPSA) is 12.0 Å². The van der Waals surface area contributed by atoms with E-state index < -0.39 is 0 Å². The highest BCUT2D eigenvalue weighted by Gasteiger charge is 2.23. The fourth-order valence-corrected chi connectivity index (χ4v) is 3.12. The van der Waals surface area contributed by atoms with Gasteiger partial charge in [-0.15, -0.1) is 11.8 Å². The summed E-state index contributed by atoms with van der Waals surface area (Å²) in [6.45, 7) is 11.6. The van der Waals surface area contributed by atoms with Crippen molar-refractivity contribution in [2.45, 2.75) is 45.4 Å². The number of hydrogen-bond donors (Lipinski definition) is 1. The van der Waals surface area contributed by atoms with Gasteiger partial charge in [-0.2, -0.15) is 0 Å². The number of rotatable bonds is 8. The summed E-state index contributed by atoms with van der Waals surface area (Å²) in [5.41, 5.74) is 0.387. The molecule has 2 heteroatoms. The molecule has 0 radical (unpaired) electrons. The molecule has 0 aliphatic rings. The summed E-state index contributed by atoms with van der Waals surface area (Å²) in [7, 11) is 0. The molecule has 0 bridgehead atoms. The summed E-state index contributed by atoms with van der Waals surface area (Å²) in [4.78, 5) is 1.39. The van der Waals surface area contributed by atoms with Crippen molar-refractivity contribution < 1.29 is 0 Å². The van der Waals surface area contributed by atoms with Crippen LogP contribution < -0.4 is 5.32 Å². The van der Waals surface area contributed by atoms with Gasteiger partial charge < -0.3 is 5.32 Å². The molecule has 19 heavy (non-hydrogen) atoms. The van der Waals surface area contributed by atoms with Crippen LogP contribution in [0, 0.1) is 11.3 Å². The van der Waals surface area contributed by atoms with Gasteiger partial charge in [0.2, 0.25) is 0 Å². The standard InChI is InChI=1S/C17H29NS/c1-5-12-18-14-15(17(2,3)4)11-13-19-16-9-7-6-8-10-16/h6-10,15,18H,5,11-14H2,1-4H3. The minimum absolute atomic E-state index is 0.387. The average Bonchev–Trinajstić information content (AvgIpc) is 2.37. The first-order valence-electron chi connectivity index (χ1n) is 7.42. The second-order valence-corrected chi connectivity index (χ2v) is 7.39. The average molecular weight is 279 g/mol. The van der Waals surface area contributed by atoms with Crippen LogP contribution in [0.15, 0.2) is 35.2 Å². The van der Waals surface area contributed by atoms with Crippen LogP contribution in [-0.2, 0) is 0 Å². The summed E-state index contributed by atoms with van der Waals surface area (Å²) in [6.07, 6.45) is 2.50. The van der Waals surface area contributed by atoms with Gasteiger partial charge in [-0.25, -0.2) is 0 Å². The SMILES string of the molecule is CCCNCC(CCSc1ccccc1)C(C)(C)C. The van der Waals surface area contributed by atoms with E-state index in [1.165, 1.54) is 23.5 Å². The molecule has 1 rings (SSSR count). The highest BCUT2D eigenvalue weighted by Crippen LogP contribution is 2.30. The first-order valence-corrected chi connectivity index (χ1v) is 8.41. The summed E-state index contributed by atoms with van der Waals surface area (Å²) in [6, 6.07) is 10.7. The second-order valence-electron chi connectivity index (χ2n) is 6.22. The lowest BCUT2D eigenvalue weighted by Crippen LogP contribution is -2.32. The smallest absolute Gasteiger partial charge is 0.00719 e. The Labute approximate surface area is 123 Å². The van der Waals surface area contributed by atoms with Crippen molar-refractivity contribution in [1.29, 1.82) is 0 Å². The van der Waals surface area contributed by atoms with Crippen LogP contribution in [0.25, 0.3) is 0 Å². The molecule has 0 aliphatic carbocycles. The van der Waals surface area contributed by atoms with E-state index in [1.54, 1.807) is 0 Å². The molecule has 108 valence electrons. The molecule has 0 saturated heterocycles. The fraction of sp³-hybridized carbons (Fsp3) is 0.647. The molecule has 0 fully saturated rings. The molecule has 0 aliphatic heterocycles. The molecule has 1 nitrogen and oxygen atoms in total. The predicted octanol–water partition coefficient (Wildman–Crippen LogP) is 4.83. The molecule has 1 aromatic rings. The monoisotopic (exact) mass is 279 g/mol. The van der Waals surface area contributed by atoms with E-state index >= 15 is 0 Å². The fourth-order valence-electron chi connectivity index (χ4n) is 2.13. The maximum atomic E-state index is 3.58. The van der Waals surface area contributed by atoms with E-state index in [0.717, 1.165) is 19.0 Å². The van der Waals surface area contributed by atoms with Gasteiger partial charge in [-0.05, 0) is 55.1 Å². The van der Waals surface area contributed by atoms with Crippen molar-refractivity contribution in [3.8, 4) is 0 Å². The van der Waals surface area contributed by atoms with Gasteiger partial charge in [0.05, 0.1) is 0 Å². The molecule has 0 aromatic heterocycles. The Hall–Kier alpha value is -0.470. The van der Waals surface area contributed by atoms with Crippen molar-refractivity contribution in [3.05, 3.63) is 30.3 Å². The zero-order valence-electron chi connectivity index (χ0n) is 12.9. The van der Waals surface area contributed by atoms with Crippen LogP contribution in [0.1, 0.15) is 40.5 Å². The molecule has 1 atom stereocenters. The van der Waals surface area contributed by atoms with Gasteiger partial charge in [0.15, 0.2) is 0 Å². The van der Waals surface area contributed by atoms with Crippen LogP contribution in [0.4, 0.5) is 0 Å². The highest BCUT2D eigenvalue weighted by atomic mass is 32.2. The Bertz CT molecular complexity index is 329. The van der Waals surface area contributed by atoms with E-state index in [0.29, 0.717) is 5.41 Å². The van der Waals surface area contributed by atoms with E-state index in [9.17, 15) is 0 Å². The molecule has 0 amide bonds. The van der Waals surface area contributed by atoms with Crippen LogP contribution in [0.2, 0.25) is 0 Å². The highest BCUT2D eigenvalue weighted by molar-refractivity contribution is 7.99. The summed E-state index contributed by atoms with van der Waals surface area (Å²) >= 11 is 1.98. The van der Waals surface area contributed by atoms with Crippen molar-refractivity contribution >= 4 is 11.8 Å². The third-order valence-corrected chi connectivity index (χ3v) is 4.57. The Morgan fingerprint density at radius 3 is 2.42 bits per heavy atom. The summed E-state index contributed by atoms with van der Waals surface area (Å²) in [5.74, 6) is 1.95. The lowest BCUT2D eigenvalue weighted by Gasteiger charge is -2.31. The maximum absolute atomic E-state index is 3.58. The summed E-state index contributed by atoms with van der Waals surface area (Å²) in [5, 5.41) is 3.58.